The number of carbonyl (C=O) groups is 4. The summed E-state index contributed by atoms with van der Waals surface area (Å²) in [4.78, 5) is 47.4. The molecule has 0 heterocycles. The number of carbonyl (C=O) groups excluding carboxylic acids is 3. The number of rotatable bonds is 11. The van der Waals surface area contributed by atoms with Crippen molar-refractivity contribution in [1.29, 1.82) is 0 Å². The fraction of sp³-hybridized carbons (Fsp3) is 0.474. The Morgan fingerprint density at radius 1 is 1.00 bits per heavy atom. The summed E-state index contributed by atoms with van der Waals surface area (Å²) in [5.74, 6) is -5.72. The zero-order valence-corrected chi connectivity index (χ0v) is 17.0. The van der Waals surface area contributed by atoms with E-state index >= 15 is 0 Å². The highest BCUT2D eigenvalue weighted by Gasteiger charge is 2.33. The Hall–Kier alpha value is -2.59. The number of benzene rings is 1. The molecule has 3 atom stereocenters. The minimum Gasteiger partial charge on any atom is -0.475 e. The van der Waals surface area contributed by atoms with Gasteiger partial charge in [-0.25, -0.2) is 13.6 Å². The molecule has 0 bridgehead atoms. The van der Waals surface area contributed by atoms with Crippen LogP contribution in [0.4, 0.5) is 8.78 Å². The first kappa shape index (κ1) is 25.4. The maximum atomic E-state index is 12.7. The average Bonchev–Trinajstić information content (AvgIpc) is 2.65. The van der Waals surface area contributed by atoms with Gasteiger partial charge in [0.25, 0.3) is 11.7 Å². The lowest BCUT2D eigenvalue weighted by molar-refractivity contribution is -0.151. The number of halogens is 3. The summed E-state index contributed by atoms with van der Waals surface area (Å²) in [6.07, 6.45) is -5.91. The molecule has 1 aromatic carbocycles. The van der Waals surface area contributed by atoms with Crippen LogP contribution in [0.2, 0.25) is 5.02 Å². The Labute approximate surface area is 176 Å². The monoisotopic (exact) mass is 448 g/mol. The highest BCUT2D eigenvalue weighted by atomic mass is 35.5. The van der Waals surface area contributed by atoms with E-state index in [-0.39, 0.29) is 22.9 Å². The molecule has 0 spiro atoms. The number of ketones is 1. The smallest absolute Gasteiger partial charge is 0.374 e. The van der Waals surface area contributed by atoms with Crippen molar-refractivity contribution in [2.24, 2.45) is 5.92 Å². The third-order valence-corrected chi connectivity index (χ3v) is 4.39. The van der Waals surface area contributed by atoms with E-state index in [1.54, 1.807) is 26.0 Å². The number of carboxylic acid groups (broad SMARTS) is 1. The molecule has 30 heavy (non-hydrogen) atoms. The molecule has 166 valence electrons. The van der Waals surface area contributed by atoms with Crippen LogP contribution in [-0.2, 0) is 19.2 Å². The first-order valence-electron chi connectivity index (χ1n) is 9.02. The molecule has 1 rings (SSSR count). The minimum atomic E-state index is -3.04. The molecule has 0 aliphatic carbocycles. The molecule has 8 nitrogen and oxygen atoms in total. The Morgan fingerprint density at radius 3 is 2.07 bits per heavy atom. The number of aliphatic carboxylic acids is 1. The van der Waals surface area contributed by atoms with E-state index in [0.717, 1.165) is 0 Å². The summed E-state index contributed by atoms with van der Waals surface area (Å²) in [5.41, 5.74) is 0.0944. The number of hydrogen-bond donors (Lipinski definition) is 4. The van der Waals surface area contributed by atoms with E-state index in [2.05, 4.69) is 5.32 Å². The largest absolute Gasteiger partial charge is 0.475 e. The summed E-state index contributed by atoms with van der Waals surface area (Å²) < 4.78 is 25.4. The number of carboxylic acids is 1. The number of aliphatic hydroxyl groups is 1. The topological polar surface area (TPSA) is 133 Å². The summed E-state index contributed by atoms with van der Waals surface area (Å²) in [6.45, 7) is 3.44. The van der Waals surface area contributed by atoms with Gasteiger partial charge in [0.15, 0.2) is 6.10 Å². The summed E-state index contributed by atoms with van der Waals surface area (Å²) in [6, 6.07) is 2.73. The minimum absolute atomic E-state index is 0.0372. The van der Waals surface area contributed by atoms with Gasteiger partial charge in [-0.05, 0) is 18.4 Å². The molecular formula is C19H23ClF2N2O6. The lowest BCUT2D eigenvalue weighted by atomic mass is 10.0. The van der Waals surface area contributed by atoms with E-state index in [4.69, 9.17) is 16.7 Å². The van der Waals surface area contributed by atoms with Crippen molar-refractivity contribution in [1.82, 2.24) is 10.6 Å². The summed E-state index contributed by atoms with van der Waals surface area (Å²) in [7, 11) is 0. The van der Waals surface area contributed by atoms with E-state index in [1.807, 2.05) is 5.32 Å². The number of aliphatic hydroxyl groups excluding tert-OH is 1. The van der Waals surface area contributed by atoms with Gasteiger partial charge in [0, 0.05) is 17.0 Å². The highest BCUT2D eigenvalue weighted by Crippen LogP contribution is 2.23. The number of alkyl halides is 2. The summed E-state index contributed by atoms with van der Waals surface area (Å²) >= 11 is 5.94. The first-order valence-corrected chi connectivity index (χ1v) is 9.40. The molecule has 0 saturated carbocycles. The van der Waals surface area contributed by atoms with Gasteiger partial charge in [-0.3, -0.25) is 14.4 Å². The molecule has 0 aliphatic heterocycles. The lowest BCUT2D eigenvalue weighted by Crippen LogP contribution is -2.54. The van der Waals surface area contributed by atoms with Gasteiger partial charge in [0.1, 0.15) is 12.1 Å². The van der Waals surface area contributed by atoms with Crippen LogP contribution < -0.4 is 10.6 Å². The van der Waals surface area contributed by atoms with E-state index in [0.29, 0.717) is 0 Å². The van der Waals surface area contributed by atoms with Crippen LogP contribution in [-0.4, -0.2) is 52.3 Å². The predicted molar refractivity (Wildman–Crippen MR) is 103 cm³/mol. The van der Waals surface area contributed by atoms with Crippen molar-refractivity contribution in [3.05, 3.63) is 34.9 Å². The third-order valence-electron chi connectivity index (χ3n) is 4.05. The molecule has 0 fully saturated rings. The van der Waals surface area contributed by atoms with E-state index < -0.39 is 54.6 Å². The standard InChI is InChI=1S/C19H23ClF2N2O6/c1-9(2)7-13(17(27)23-12(8-14(21)22)16(26)19(29)30)24-18(28)15(25)10-5-3-4-6-11(10)20/h3-6,9,12-15,25H,7-8H2,1-2H3,(H,23,27)(H,24,28)(H,29,30)/t12-,13-,15+/m0/s1. The summed E-state index contributed by atoms with van der Waals surface area (Å²) in [5, 5.41) is 23.4. The van der Waals surface area contributed by atoms with Crippen molar-refractivity contribution >= 4 is 35.2 Å². The average molecular weight is 449 g/mol. The van der Waals surface area contributed by atoms with Crippen LogP contribution in [0, 0.1) is 5.92 Å². The van der Waals surface area contributed by atoms with Crippen molar-refractivity contribution in [3.63, 3.8) is 0 Å². The zero-order valence-electron chi connectivity index (χ0n) is 16.3. The molecule has 0 saturated heterocycles. The predicted octanol–water partition coefficient (Wildman–Crippen LogP) is 1.70. The Balaban J connectivity index is 2.99. The van der Waals surface area contributed by atoms with Gasteiger partial charge in [-0.15, -0.1) is 0 Å². The van der Waals surface area contributed by atoms with Crippen LogP contribution >= 0.6 is 11.6 Å². The number of hydrogen-bond acceptors (Lipinski definition) is 5. The SMILES string of the molecule is CC(C)C[C@H](NC(=O)[C@H](O)c1ccccc1Cl)C(=O)N[C@@H](CC(F)F)C(=O)C(=O)O. The van der Waals surface area contributed by atoms with Crippen molar-refractivity contribution in [3.8, 4) is 0 Å². The van der Waals surface area contributed by atoms with Crippen molar-refractivity contribution in [2.75, 3.05) is 0 Å². The molecule has 1 aromatic rings. The second kappa shape index (κ2) is 11.6. The van der Waals surface area contributed by atoms with E-state index in [9.17, 15) is 33.1 Å². The molecule has 0 aliphatic rings. The van der Waals surface area contributed by atoms with Gasteiger partial charge < -0.3 is 20.8 Å². The molecule has 0 radical (unpaired) electrons. The van der Waals surface area contributed by atoms with Gasteiger partial charge in [-0.2, -0.15) is 0 Å². The van der Waals surface area contributed by atoms with E-state index in [1.165, 1.54) is 12.1 Å². The van der Waals surface area contributed by atoms with Gasteiger partial charge in [0.05, 0.1) is 0 Å². The second-order valence-electron chi connectivity index (χ2n) is 6.97. The molecule has 4 N–H and O–H groups in total. The van der Waals surface area contributed by atoms with Gasteiger partial charge in [0.2, 0.25) is 12.3 Å². The lowest BCUT2D eigenvalue weighted by Gasteiger charge is -2.24. The zero-order chi connectivity index (χ0) is 23.0. The highest BCUT2D eigenvalue weighted by molar-refractivity contribution is 6.35. The quantitative estimate of drug-likeness (QED) is 0.381. The molecule has 0 unspecified atom stereocenters. The van der Waals surface area contributed by atoms with Crippen molar-refractivity contribution < 1.29 is 38.2 Å². The number of Topliss-reactive ketones (excluding diaryl/α,β-unsaturated/α-hetero) is 1. The van der Waals surface area contributed by atoms with Gasteiger partial charge >= 0.3 is 5.97 Å². The van der Waals surface area contributed by atoms with Crippen LogP contribution in [0.5, 0.6) is 0 Å². The first-order chi connectivity index (χ1) is 13.9. The molecule has 2 amide bonds. The maximum Gasteiger partial charge on any atom is 0.374 e. The molecule has 11 heteroatoms. The normalized spacial score (nSPS) is 14.1. The van der Waals surface area contributed by atoms with Crippen LogP contribution in [0.3, 0.4) is 0 Å². The Morgan fingerprint density at radius 2 is 1.57 bits per heavy atom. The second-order valence-corrected chi connectivity index (χ2v) is 7.38. The number of nitrogens with one attached hydrogen (secondary N) is 2. The molecule has 0 aromatic heterocycles. The van der Waals surface area contributed by atoms with Crippen LogP contribution in [0.25, 0.3) is 0 Å². The molecular weight excluding hydrogens is 426 g/mol. The Kier molecular flexibility index (Phi) is 9.80. The third kappa shape index (κ3) is 7.68. The maximum absolute atomic E-state index is 12.7. The fourth-order valence-corrected chi connectivity index (χ4v) is 2.86. The number of amides is 2. The fourth-order valence-electron chi connectivity index (χ4n) is 2.62. The van der Waals surface area contributed by atoms with Crippen LogP contribution in [0.1, 0.15) is 38.4 Å². The van der Waals surface area contributed by atoms with Crippen LogP contribution in [0.15, 0.2) is 24.3 Å². The van der Waals surface area contributed by atoms with Gasteiger partial charge in [-0.1, -0.05) is 43.6 Å². The Bertz CT molecular complexity index is 790. The van der Waals surface area contributed by atoms with Crippen molar-refractivity contribution in [2.45, 2.75) is 51.3 Å².